The fourth-order valence-electron chi connectivity index (χ4n) is 8.59. The highest BCUT2D eigenvalue weighted by molar-refractivity contribution is 5.91. The lowest BCUT2D eigenvalue weighted by atomic mass is 9.95. The smallest absolute Gasteiger partial charge is 0.338 e. The van der Waals surface area contributed by atoms with Crippen molar-refractivity contribution in [2.24, 2.45) is 5.73 Å². The quantitative estimate of drug-likeness (QED) is 0.125. The molecular formula is C53H59NO25. The summed E-state index contributed by atoms with van der Waals surface area (Å²) in [5, 5.41) is 0. The first-order valence-corrected chi connectivity index (χ1v) is 24.5. The van der Waals surface area contributed by atoms with Gasteiger partial charge in [-0.2, -0.15) is 0 Å². The van der Waals surface area contributed by atoms with Crippen LogP contribution < -0.4 is 5.73 Å². The Bertz CT molecular complexity index is 2640. The summed E-state index contributed by atoms with van der Waals surface area (Å²) in [7, 11) is 0. The summed E-state index contributed by atoms with van der Waals surface area (Å²) in [5.41, 5.74) is 6.73. The van der Waals surface area contributed by atoms with Gasteiger partial charge >= 0.3 is 59.7 Å². The zero-order chi connectivity index (χ0) is 57.5. The second-order valence-electron chi connectivity index (χ2n) is 17.8. The number of hydrogen-bond donors (Lipinski definition) is 1. The molecule has 26 nitrogen and oxygen atoms in total. The molecule has 3 aliphatic heterocycles. The van der Waals surface area contributed by atoms with Crippen molar-refractivity contribution in [1.82, 2.24) is 0 Å². The molecule has 0 saturated carbocycles. The van der Waals surface area contributed by atoms with Gasteiger partial charge in [-0.3, -0.25) is 33.6 Å². The number of esters is 10. The SMILES string of the molecule is CC(=O)OC[C@H]1O[C@@H](O[C@H]2[C@H](OC(C)=O)[C@@H](OC(C)=O)[C@H](O[C@H]3[C@H](OC(=O)c4ccccc4)[C@@H](OC(=O)c4ccccc4)[C@H](N)O[C@@H]3COC(=O)c3ccccc3)O[C@@H]2COC(C)=O)[C@H](OC(C)=O)[C@@H](OC(C)=O)[C@H]1OC(C)=O. The lowest BCUT2D eigenvalue weighted by Gasteiger charge is -2.50. The van der Waals surface area contributed by atoms with Crippen LogP contribution >= 0.6 is 0 Å². The Morgan fingerprint density at radius 2 is 0.646 bits per heavy atom. The van der Waals surface area contributed by atoms with Crippen molar-refractivity contribution >= 4 is 59.7 Å². The number of rotatable bonds is 20. The summed E-state index contributed by atoms with van der Waals surface area (Å²) in [6, 6.07) is 22.9. The van der Waals surface area contributed by atoms with Gasteiger partial charge in [-0.05, 0) is 36.4 Å². The molecule has 0 aliphatic carbocycles. The third-order valence-corrected chi connectivity index (χ3v) is 11.7. The minimum Gasteiger partial charge on any atom is -0.463 e. The van der Waals surface area contributed by atoms with E-state index in [4.69, 9.17) is 76.8 Å². The van der Waals surface area contributed by atoms with E-state index in [9.17, 15) is 47.9 Å². The van der Waals surface area contributed by atoms with Crippen LogP contribution in [0.15, 0.2) is 91.0 Å². The fraction of sp³-hybridized carbons (Fsp3) is 0.472. The van der Waals surface area contributed by atoms with E-state index in [2.05, 4.69) is 0 Å². The Labute approximate surface area is 451 Å². The van der Waals surface area contributed by atoms with Crippen molar-refractivity contribution < 1.29 is 119 Å². The van der Waals surface area contributed by atoms with Gasteiger partial charge in [0.2, 0.25) is 0 Å². The van der Waals surface area contributed by atoms with Crippen LogP contribution in [-0.4, -0.2) is 172 Å². The minimum atomic E-state index is -2.08. The van der Waals surface area contributed by atoms with E-state index in [0.717, 1.165) is 48.5 Å². The molecule has 3 fully saturated rings. The maximum Gasteiger partial charge on any atom is 0.338 e. The average molecular weight is 1110 g/mol. The molecule has 0 amide bonds. The lowest BCUT2D eigenvalue weighted by Crippen LogP contribution is -2.69. The molecule has 0 radical (unpaired) electrons. The Morgan fingerprint density at radius 1 is 0.342 bits per heavy atom. The van der Waals surface area contributed by atoms with Crippen molar-refractivity contribution in [3.63, 3.8) is 0 Å². The minimum absolute atomic E-state index is 0.00762. The van der Waals surface area contributed by atoms with Crippen LogP contribution in [0.1, 0.15) is 79.5 Å². The lowest BCUT2D eigenvalue weighted by molar-refractivity contribution is -0.373. The van der Waals surface area contributed by atoms with E-state index < -0.39 is 172 Å². The first kappa shape index (κ1) is 60.4. The molecular weight excluding hydrogens is 1050 g/mol. The van der Waals surface area contributed by atoms with E-state index in [1.165, 1.54) is 48.5 Å². The van der Waals surface area contributed by atoms with Crippen LogP contribution in [0.4, 0.5) is 0 Å². The van der Waals surface area contributed by atoms with E-state index in [-0.39, 0.29) is 16.7 Å². The van der Waals surface area contributed by atoms with E-state index in [1.807, 2.05) is 0 Å². The highest BCUT2D eigenvalue weighted by Crippen LogP contribution is 2.38. The molecule has 26 heteroatoms. The van der Waals surface area contributed by atoms with Crippen LogP contribution in [0.5, 0.6) is 0 Å². The zero-order valence-corrected chi connectivity index (χ0v) is 43.7. The molecule has 426 valence electrons. The first-order chi connectivity index (χ1) is 37.6. The molecule has 3 saturated heterocycles. The Balaban J connectivity index is 1.49. The first-order valence-electron chi connectivity index (χ1n) is 24.5. The molecule has 0 bridgehead atoms. The van der Waals surface area contributed by atoms with Crippen molar-refractivity contribution in [3.8, 4) is 0 Å². The second-order valence-corrected chi connectivity index (χ2v) is 17.8. The molecule has 6 rings (SSSR count). The van der Waals surface area contributed by atoms with Crippen LogP contribution in [0.3, 0.4) is 0 Å². The standard InChI is InChI=1S/C53H59NO25/c1-26(55)65-23-37-39(68-28(3)57)43(69-29(4)58)46(71-31(6)60)52(74-37)79-41-38(24-66-27(2)56)75-53(47(72-32(7)61)44(41)70-30(5)59)78-40-36(25-67-49(62)33-17-11-8-12-18-33)73-48(54)45(77-51(64)35-21-15-10-16-22-35)42(40)76-50(63)34-19-13-9-14-20-34/h8-22,36-48,52-53H,23-25,54H2,1-7H3/t36-,37-,38-,39+,40-,41-,42+,43+,44+,45-,46-,47-,48-,52+,53+/m1/s1. The molecule has 0 aromatic heterocycles. The van der Waals surface area contributed by atoms with Crippen molar-refractivity contribution in [1.29, 1.82) is 0 Å². The van der Waals surface area contributed by atoms with Gasteiger partial charge in [0.15, 0.2) is 55.3 Å². The monoisotopic (exact) mass is 1110 g/mol. The van der Waals surface area contributed by atoms with Crippen molar-refractivity contribution in [3.05, 3.63) is 108 Å². The van der Waals surface area contributed by atoms with Crippen LogP contribution in [0.25, 0.3) is 0 Å². The highest BCUT2D eigenvalue weighted by Gasteiger charge is 2.60. The third kappa shape index (κ3) is 16.8. The number of ether oxygens (including phenoxy) is 15. The van der Waals surface area contributed by atoms with Gasteiger partial charge < -0.3 is 76.8 Å². The van der Waals surface area contributed by atoms with Gasteiger partial charge in [0.25, 0.3) is 0 Å². The van der Waals surface area contributed by atoms with Gasteiger partial charge in [-0.1, -0.05) is 54.6 Å². The van der Waals surface area contributed by atoms with Crippen molar-refractivity contribution in [2.75, 3.05) is 19.8 Å². The number of benzene rings is 3. The van der Waals surface area contributed by atoms with Crippen LogP contribution in [0.2, 0.25) is 0 Å². The molecule has 79 heavy (non-hydrogen) atoms. The van der Waals surface area contributed by atoms with Gasteiger partial charge in [0.1, 0.15) is 56.6 Å². The summed E-state index contributed by atoms with van der Waals surface area (Å²) >= 11 is 0. The Morgan fingerprint density at radius 3 is 1.04 bits per heavy atom. The summed E-state index contributed by atoms with van der Waals surface area (Å²) in [6.45, 7) is 4.73. The Hall–Kier alpha value is -7.88. The number of carbonyl (C=O) groups is 10. The van der Waals surface area contributed by atoms with E-state index in [1.54, 1.807) is 42.5 Å². The topological polar surface area (TPSA) is 335 Å². The van der Waals surface area contributed by atoms with Crippen LogP contribution in [-0.2, 0) is 105 Å². The predicted molar refractivity (Wildman–Crippen MR) is 259 cm³/mol. The van der Waals surface area contributed by atoms with Crippen LogP contribution in [0, 0.1) is 0 Å². The van der Waals surface area contributed by atoms with E-state index in [0.29, 0.717) is 0 Å². The maximum atomic E-state index is 14.2. The number of carbonyl (C=O) groups excluding carboxylic acids is 10. The molecule has 3 aromatic rings. The van der Waals surface area contributed by atoms with Crippen molar-refractivity contribution in [2.45, 2.75) is 141 Å². The maximum absolute atomic E-state index is 14.2. The molecule has 0 unspecified atom stereocenters. The predicted octanol–water partition coefficient (Wildman–Crippen LogP) is 1.98. The molecule has 3 aromatic carbocycles. The normalized spacial score (nSPS) is 28.2. The molecule has 3 heterocycles. The molecule has 3 aliphatic rings. The summed E-state index contributed by atoms with van der Waals surface area (Å²) in [4.78, 5) is 131. The van der Waals surface area contributed by atoms with Gasteiger partial charge in [0, 0.05) is 48.5 Å². The molecule has 15 atom stereocenters. The van der Waals surface area contributed by atoms with E-state index >= 15 is 0 Å². The second kappa shape index (κ2) is 28.1. The summed E-state index contributed by atoms with van der Waals surface area (Å²) in [6.07, 6.45) is -27.3. The van der Waals surface area contributed by atoms with Gasteiger partial charge in [-0.25, -0.2) is 14.4 Å². The average Bonchev–Trinajstić information content (AvgIpc) is 3.42. The molecule has 2 N–H and O–H groups in total. The number of hydrogen-bond acceptors (Lipinski definition) is 26. The summed E-state index contributed by atoms with van der Waals surface area (Å²) < 4.78 is 88.6. The third-order valence-electron chi connectivity index (χ3n) is 11.7. The largest absolute Gasteiger partial charge is 0.463 e. The number of nitrogens with two attached hydrogens (primary N) is 1. The Kier molecular flexibility index (Phi) is 21.5. The van der Waals surface area contributed by atoms with Gasteiger partial charge in [-0.15, -0.1) is 0 Å². The highest BCUT2D eigenvalue weighted by atomic mass is 16.8. The zero-order valence-electron chi connectivity index (χ0n) is 43.7. The van der Waals surface area contributed by atoms with Gasteiger partial charge in [0.05, 0.1) is 16.7 Å². The fourth-order valence-corrected chi connectivity index (χ4v) is 8.59. The molecule has 0 spiro atoms. The summed E-state index contributed by atoms with van der Waals surface area (Å²) in [5.74, 6) is -9.66.